The molecule has 6 rings (SSSR count). The minimum absolute atomic E-state index is 0.229. The van der Waals surface area contributed by atoms with Crippen LogP contribution in [0, 0.1) is 6.92 Å². The van der Waals surface area contributed by atoms with Gasteiger partial charge < -0.3 is 19.1 Å². The van der Waals surface area contributed by atoms with Gasteiger partial charge >= 0.3 is 5.69 Å². The van der Waals surface area contributed by atoms with Crippen LogP contribution < -0.4 is 19.9 Å². The molecule has 1 saturated heterocycles. The summed E-state index contributed by atoms with van der Waals surface area (Å²) < 4.78 is 20.0. The Labute approximate surface area is 261 Å². The number of piperidine rings is 1. The molecule has 3 aromatic carbocycles. The van der Waals surface area contributed by atoms with Crippen LogP contribution in [0.3, 0.4) is 0 Å². The third kappa shape index (κ3) is 6.46. The zero-order chi connectivity index (χ0) is 30.6. The molecule has 0 N–H and O–H groups in total. The van der Waals surface area contributed by atoms with E-state index in [1.807, 2.05) is 79.7 Å². The third-order valence-corrected chi connectivity index (χ3v) is 9.07. The second-order valence-electron chi connectivity index (χ2n) is 11.1. The van der Waals surface area contributed by atoms with Crippen molar-refractivity contribution in [3.05, 3.63) is 100 Å². The Hall–Kier alpha value is -4.28. The van der Waals surface area contributed by atoms with Crippen LogP contribution in [0.15, 0.2) is 82.7 Å². The molecule has 0 bridgehead atoms. The van der Waals surface area contributed by atoms with Gasteiger partial charge in [-0.25, -0.2) is 9.78 Å². The number of thioether (sulfide) groups is 1. The van der Waals surface area contributed by atoms with Gasteiger partial charge in [-0.3, -0.25) is 4.57 Å². The third-order valence-electron chi connectivity index (χ3n) is 8.02. The SMILES string of the molecule is COc1ccc(CSc2nc3c(-c4ccc(OC5CCN(C)CC5)cc4)c(C)nn3c(=O)n2Cc2ccc(OC)cc2)cc1. The molecule has 2 aromatic heterocycles. The Morgan fingerprint density at radius 2 is 1.43 bits per heavy atom. The van der Waals surface area contributed by atoms with Gasteiger partial charge in [0.1, 0.15) is 23.4 Å². The first-order chi connectivity index (χ1) is 21.4. The highest BCUT2D eigenvalue weighted by atomic mass is 32.2. The minimum Gasteiger partial charge on any atom is -0.497 e. The first-order valence-corrected chi connectivity index (χ1v) is 15.7. The lowest BCUT2D eigenvalue weighted by Gasteiger charge is -2.29. The number of fused-ring (bicyclic) bond motifs is 1. The first-order valence-electron chi connectivity index (χ1n) is 14.8. The molecule has 9 nitrogen and oxygen atoms in total. The highest BCUT2D eigenvalue weighted by molar-refractivity contribution is 7.98. The Morgan fingerprint density at radius 1 is 0.841 bits per heavy atom. The standard InChI is InChI=1S/C34H37N5O4S/c1-23-31(26-9-15-29(16-10-26)43-30-17-19-37(2)20-18-30)32-35-33(44-22-25-7-13-28(42-4)14-8-25)38(34(40)39(32)36-23)21-24-5-11-27(41-3)12-6-24/h5-16,30H,17-22H2,1-4H3. The molecule has 44 heavy (non-hydrogen) atoms. The van der Waals surface area contributed by atoms with E-state index < -0.39 is 0 Å². The van der Waals surface area contributed by atoms with Gasteiger partial charge in [-0.05, 0) is 79.9 Å². The van der Waals surface area contributed by atoms with Gasteiger partial charge in [0.2, 0.25) is 0 Å². The van der Waals surface area contributed by atoms with E-state index in [9.17, 15) is 4.79 Å². The van der Waals surface area contributed by atoms with E-state index in [1.54, 1.807) is 18.8 Å². The topological polar surface area (TPSA) is 83.1 Å². The quantitative estimate of drug-likeness (QED) is 0.186. The summed E-state index contributed by atoms with van der Waals surface area (Å²) in [4.78, 5) is 21.4. The molecule has 0 saturated carbocycles. The Balaban J connectivity index is 1.34. The van der Waals surface area contributed by atoms with Crippen LogP contribution in [0.4, 0.5) is 0 Å². The molecule has 0 atom stereocenters. The lowest BCUT2D eigenvalue weighted by Crippen LogP contribution is -2.35. The highest BCUT2D eigenvalue weighted by Gasteiger charge is 2.21. The molecule has 1 fully saturated rings. The molecule has 1 aliphatic heterocycles. The molecular weight excluding hydrogens is 574 g/mol. The van der Waals surface area contributed by atoms with Crippen molar-refractivity contribution >= 4 is 17.4 Å². The van der Waals surface area contributed by atoms with Crippen molar-refractivity contribution in [1.29, 1.82) is 0 Å². The predicted octanol–water partition coefficient (Wildman–Crippen LogP) is 5.70. The zero-order valence-corrected chi connectivity index (χ0v) is 26.3. The number of methoxy groups -OCH3 is 2. The lowest BCUT2D eigenvalue weighted by molar-refractivity contribution is 0.114. The number of hydrogen-bond acceptors (Lipinski definition) is 8. The summed E-state index contributed by atoms with van der Waals surface area (Å²) in [7, 11) is 5.44. The molecule has 10 heteroatoms. The van der Waals surface area contributed by atoms with Crippen molar-refractivity contribution < 1.29 is 14.2 Å². The van der Waals surface area contributed by atoms with Crippen LogP contribution in [0.2, 0.25) is 0 Å². The molecule has 0 amide bonds. The average Bonchev–Trinajstić information content (AvgIpc) is 3.39. The molecule has 3 heterocycles. The maximum absolute atomic E-state index is 14.0. The number of ether oxygens (including phenoxy) is 3. The van der Waals surface area contributed by atoms with Gasteiger partial charge in [-0.1, -0.05) is 48.2 Å². The van der Waals surface area contributed by atoms with E-state index in [0.29, 0.717) is 23.1 Å². The smallest absolute Gasteiger partial charge is 0.353 e. The van der Waals surface area contributed by atoms with Crippen LogP contribution in [-0.2, 0) is 12.3 Å². The summed E-state index contributed by atoms with van der Waals surface area (Å²) in [6.45, 7) is 4.37. The second-order valence-corrected chi connectivity index (χ2v) is 12.0. The Kier molecular flexibility index (Phi) is 8.90. The van der Waals surface area contributed by atoms with Crippen molar-refractivity contribution in [2.75, 3.05) is 34.4 Å². The van der Waals surface area contributed by atoms with Crippen LogP contribution in [-0.4, -0.2) is 64.5 Å². The van der Waals surface area contributed by atoms with Crippen molar-refractivity contribution in [2.24, 2.45) is 0 Å². The van der Waals surface area contributed by atoms with E-state index in [4.69, 9.17) is 19.2 Å². The van der Waals surface area contributed by atoms with Crippen LogP contribution in [0.25, 0.3) is 16.8 Å². The van der Waals surface area contributed by atoms with Gasteiger partial charge in [0.15, 0.2) is 10.8 Å². The lowest BCUT2D eigenvalue weighted by atomic mass is 10.1. The second kappa shape index (κ2) is 13.2. The molecule has 1 aliphatic rings. The minimum atomic E-state index is -0.236. The fourth-order valence-corrected chi connectivity index (χ4v) is 6.40. The van der Waals surface area contributed by atoms with Crippen molar-refractivity contribution in [1.82, 2.24) is 24.1 Å². The summed E-state index contributed by atoms with van der Waals surface area (Å²) in [6, 6.07) is 23.7. The fourth-order valence-electron chi connectivity index (χ4n) is 5.46. The van der Waals surface area contributed by atoms with Crippen LogP contribution >= 0.6 is 11.8 Å². The van der Waals surface area contributed by atoms with E-state index in [0.717, 1.165) is 71.1 Å². The summed E-state index contributed by atoms with van der Waals surface area (Å²) in [5.74, 6) is 3.06. The molecule has 0 radical (unpaired) electrons. The van der Waals surface area contributed by atoms with Gasteiger partial charge in [0, 0.05) is 24.4 Å². The number of aromatic nitrogens is 4. The number of hydrogen-bond donors (Lipinski definition) is 0. The highest BCUT2D eigenvalue weighted by Crippen LogP contribution is 2.31. The molecular formula is C34H37N5O4S. The number of nitrogens with zero attached hydrogens (tertiary/aromatic N) is 5. The fraction of sp³-hybridized carbons (Fsp3) is 0.324. The Morgan fingerprint density at radius 3 is 2.05 bits per heavy atom. The summed E-state index contributed by atoms with van der Waals surface area (Å²) in [5.41, 5.74) is 4.90. The van der Waals surface area contributed by atoms with E-state index in [2.05, 4.69) is 17.0 Å². The predicted molar refractivity (Wildman–Crippen MR) is 173 cm³/mol. The first kappa shape index (κ1) is 29.8. The van der Waals surface area contributed by atoms with E-state index >= 15 is 0 Å². The summed E-state index contributed by atoms with van der Waals surface area (Å²) in [6.07, 6.45) is 2.27. The number of rotatable bonds is 10. The average molecular weight is 612 g/mol. The van der Waals surface area contributed by atoms with E-state index in [-0.39, 0.29) is 11.8 Å². The monoisotopic (exact) mass is 611 g/mol. The van der Waals surface area contributed by atoms with Gasteiger partial charge in [-0.2, -0.15) is 9.61 Å². The zero-order valence-electron chi connectivity index (χ0n) is 25.5. The Bertz CT molecular complexity index is 1780. The van der Waals surface area contributed by atoms with Gasteiger partial charge in [0.05, 0.1) is 26.5 Å². The van der Waals surface area contributed by atoms with Gasteiger partial charge in [0.25, 0.3) is 0 Å². The molecule has 0 spiro atoms. The number of aryl methyl sites for hydroxylation is 1. The van der Waals surface area contributed by atoms with Crippen molar-refractivity contribution in [3.8, 4) is 28.4 Å². The van der Waals surface area contributed by atoms with Crippen LogP contribution in [0.1, 0.15) is 29.7 Å². The number of likely N-dealkylation sites (tertiary alicyclic amines) is 1. The molecule has 0 aliphatic carbocycles. The maximum atomic E-state index is 14.0. The maximum Gasteiger partial charge on any atom is 0.353 e. The van der Waals surface area contributed by atoms with E-state index in [1.165, 1.54) is 16.3 Å². The molecule has 5 aromatic rings. The van der Waals surface area contributed by atoms with Crippen molar-refractivity contribution in [3.63, 3.8) is 0 Å². The van der Waals surface area contributed by atoms with Crippen molar-refractivity contribution in [2.45, 2.75) is 43.3 Å². The largest absolute Gasteiger partial charge is 0.497 e. The van der Waals surface area contributed by atoms with Crippen LogP contribution in [0.5, 0.6) is 17.2 Å². The summed E-state index contributed by atoms with van der Waals surface area (Å²) in [5, 5.41) is 5.28. The summed E-state index contributed by atoms with van der Waals surface area (Å²) >= 11 is 1.53. The normalized spacial score (nSPS) is 14.2. The number of benzene rings is 3. The molecule has 0 unspecified atom stereocenters. The van der Waals surface area contributed by atoms with Gasteiger partial charge in [-0.15, -0.1) is 0 Å². The molecule has 228 valence electrons.